The minimum atomic E-state index is -2.90. The predicted octanol–water partition coefficient (Wildman–Crippen LogP) is 2.86. The second kappa shape index (κ2) is 8.10. The van der Waals surface area contributed by atoms with E-state index < -0.39 is 27.5 Å². The Labute approximate surface area is 168 Å². The van der Waals surface area contributed by atoms with Crippen molar-refractivity contribution in [3.05, 3.63) is 23.7 Å². The molecule has 28 heavy (non-hydrogen) atoms. The Kier molecular flexibility index (Phi) is 5.73. The van der Waals surface area contributed by atoms with Crippen molar-refractivity contribution in [3.63, 3.8) is 0 Å². The second-order valence-corrected chi connectivity index (χ2v) is 11.3. The first-order valence-corrected chi connectivity index (χ1v) is 12.5. The maximum atomic E-state index is 14.4. The van der Waals surface area contributed by atoms with E-state index in [-0.39, 0.29) is 16.8 Å². The highest BCUT2D eigenvalue weighted by atomic mass is 32.2. The van der Waals surface area contributed by atoms with Crippen molar-refractivity contribution in [2.24, 2.45) is 21.8 Å². The summed E-state index contributed by atoms with van der Waals surface area (Å²) >= 11 is 1.56. The van der Waals surface area contributed by atoms with Crippen LogP contribution in [-0.4, -0.2) is 55.0 Å². The number of thioether (sulfide) groups is 1. The molecule has 1 amide bonds. The molecule has 0 aromatic rings. The summed E-state index contributed by atoms with van der Waals surface area (Å²) in [6.07, 6.45) is 7.59. The van der Waals surface area contributed by atoms with Crippen LogP contribution in [0.5, 0.6) is 0 Å². The fraction of sp³-hybridized carbons (Fsp3) is 0.632. The molecule has 0 aromatic carbocycles. The minimum absolute atomic E-state index is 0.201. The number of amides is 1. The predicted molar refractivity (Wildman–Crippen MR) is 108 cm³/mol. The van der Waals surface area contributed by atoms with E-state index in [0.717, 1.165) is 12.8 Å². The Balaban J connectivity index is 1.39. The average Bonchev–Trinajstić information content (AvgIpc) is 2.59. The maximum absolute atomic E-state index is 14.4. The van der Waals surface area contributed by atoms with E-state index in [1.807, 2.05) is 0 Å². The third-order valence-electron chi connectivity index (χ3n) is 5.55. The number of halogens is 1. The van der Waals surface area contributed by atoms with Gasteiger partial charge >= 0.3 is 0 Å². The van der Waals surface area contributed by atoms with Crippen LogP contribution >= 0.6 is 11.8 Å². The van der Waals surface area contributed by atoms with E-state index in [9.17, 15) is 17.6 Å². The number of allylic oxidation sites excluding steroid dienone is 2. The number of nitrogens with zero attached hydrogens (tertiary/aromatic N) is 2. The molecule has 2 fully saturated rings. The lowest BCUT2D eigenvalue weighted by molar-refractivity contribution is -0.119. The highest BCUT2D eigenvalue weighted by Gasteiger charge is 2.35. The Morgan fingerprint density at radius 2 is 1.89 bits per heavy atom. The molecule has 0 N–H and O–H groups in total. The monoisotopic (exact) mass is 426 g/mol. The van der Waals surface area contributed by atoms with Crippen molar-refractivity contribution in [2.45, 2.75) is 37.4 Å². The first-order chi connectivity index (χ1) is 13.4. The average molecular weight is 427 g/mol. The lowest BCUT2D eigenvalue weighted by Gasteiger charge is -2.27. The molecular weight excluding hydrogens is 403 g/mol. The van der Waals surface area contributed by atoms with E-state index in [2.05, 4.69) is 9.98 Å². The van der Waals surface area contributed by atoms with Crippen molar-refractivity contribution in [1.29, 1.82) is 0 Å². The molecule has 152 valence electrons. The zero-order chi connectivity index (χ0) is 19.7. The SMILES string of the molecule is O=C1N=C(CSC2CCS(=O)(=O)CC2)N=C2C=C(OCC3CCC3)C=C(F)C12. The number of rotatable bonds is 6. The molecule has 1 unspecified atom stereocenters. The summed E-state index contributed by atoms with van der Waals surface area (Å²) in [5, 5.41) is 0.208. The topological polar surface area (TPSA) is 85.2 Å². The number of carbonyl (C=O) groups excluding carboxylic acids is 1. The summed E-state index contributed by atoms with van der Waals surface area (Å²) < 4.78 is 43.2. The number of hydrogen-bond donors (Lipinski definition) is 0. The standard InChI is InChI=1S/C19H23FN2O4S2/c20-15-8-13(26-10-12-2-1-3-12)9-16-18(15)19(23)22-17(21-16)11-27-14-4-6-28(24,25)7-5-14/h8-9,12,14,18H,1-7,10-11H2. The Morgan fingerprint density at radius 1 is 1.14 bits per heavy atom. The van der Waals surface area contributed by atoms with E-state index >= 15 is 0 Å². The molecule has 4 aliphatic rings. The molecular formula is C19H23FN2O4S2. The number of ether oxygens (including phenoxy) is 1. The van der Waals surface area contributed by atoms with Gasteiger partial charge in [-0.15, -0.1) is 0 Å². The molecule has 4 rings (SSSR count). The molecule has 1 saturated heterocycles. The van der Waals surface area contributed by atoms with Crippen LogP contribution in [0.4, 0.5) is 4.39 Å². The first-order valence-electron chi connectivity index (χ1n) is 9.63. The van der Waals surface area contributed by atoms with E-state index in [0.29, 0.717) is 48.4 Å². The summed E-state index contributed by atoms with van der Waals surface area (Å²) in [7, 11) is -2.90. The fourth-order valence-corrected chi connectivity index (χ4v) is 6.46. The molecule has 6 nitrogen and oxygen atoms in total. The van der Waals surface area contributed by atoms with Crippen molar-refractivity contribution in [3.8, 4) is 0 Å². The van der Waals surface area contributed by atoms with Gasteiger partial charge in [-0.3, -0.25) is 4.79 Å². The van der Waals surface area contributed by atoms with Gasteiger partial charge in [-0.05, 0) is 31.6 Å². The third kappa shape index (κ3) is 4.56. The zero-order valence-electron chi connectivity index (χ0n) is 15.5. The minimum Gasteiger partial charge on any atom is -0.493 e. The van der Waals surface area contributed by atoms with Crippen LogP contribution in [0.15, 0.2) is 33.7 Å². The first kappa shape index (κ1) is 19.8. The number of amidine groups is 1. The summed E-state index contributed by atoms with van der Waals surface area (Å²) in [5.41, 5.74) is 0.338. The number of carbonyl (C=O) groups is 1. The molecule has 2 aliphatic heterocycles. The van der Waals surface area contributed by atoms with Crippen molar-refractivity contribution in [1.82, 2.24) is 0 Å². The molecule has 0 bridgehead atoms. The van der Waals surface area contributed by atoms with Crippen LogP contribution in [0.25, 0.3) is 0 Å². The molecule has 0 radical (unpaired) electrons. The Bertz CT molecular complexity index is 874. The smallest absolute Gasteiger partial charge is 0.263 e. The van der Waals surface area contributed by atoms with Gasteiger partial charge in [0.05, 0.1) is 29.6 Å². The highest BCUT2D eigenvalue weighted by molar-refractivity contribution is 8.00. The van der Waals surface area contributed by atoms with Crippen molar-refractivity contribution < 1.29 is 22.3 Å². The van der Waals surface area contributed by atoms with Crippen LogP contribution < -0.4 is 0 Å². The van der Waals surface area contributed by atoms with E-state index in [4.69, 9.17) is 4.74 Å². The van der Waals surface area contributed by atoms with Gasteiger partial charge in [0.1, 0.15) is 33.2 Å². The summed E-state index contributed by atoms with van der Waals surface area (Å²) in [5.74, 6) is -0.0951. The second-order valence-electron chi connectivity index (χ2n) is 7.68. The largest absolute Gasteiger partial charge is 0.493 e. The molecule has 1 saturated carbocycles. The fourth-order valence-electron chi connectivity index (χ4n) is 3.59. The van der Waals surface area contributed by atoms with Gasteiger partial charge < -0.3 is 4.74 Å². The molecule has 1 atom stereocenters. The van der Waals surface area contributed by atoms with Crippen molar-refractivity contribution in [2.75, 3.05) is 23.9 Å². The van der Waals surface area contributed by atoms with Gasteiger partial charge in [0.15, 0.2) is 0 Å². The van der Waals surface area contributed by atoms with Crippen LogP contribution in [0.3, 0.4) is 0 Å². The summed E-state index contributed by atoms with van der Waals surface area (Å²) in [4.78, 5) is 20.7. The summed E-state index contributed by atoms with van der Waals surface area (Å²) in [6.45, 7) is 0.558. The third-order valence-corrected chi connectivity index (χ3v) is 8.63. The van der Waals surface area contributed by atoms with E-state index in [1.165, 1.54) is 12.5 Å². The number of fused-ring (bicyclic) bond motifs is 1. The quantitative estimate of drug-likeness (QED) is 0.652. The normalized spacial score (nSPS) is 27.8. The molecule has 0 aromatic heterocycles. The number of hydrogen-bond acceptors (Lipinski definition) is 6. The van der Waals surface area contributed by atoms with Gasteiger partial charge in [-0.2, -0.15) is 16.8 Å². The van der Waals surface area contributed by atoms with Gasteiger partial charge in [-0.1, -0.05) is 6.42 Å². The lowest BCUT2D eigenvalue weighted by Crippen LogP contribution is -2.31. The van der Waals surface area contributed by atoms with Gasteiger partial charge in [-0.25, -0.2) is 17.8 Å². The Morgan fingerprint density at radius 3 is 2.57 bits per heavy atom. The van der Waals surface area contributed by atoms with Crippen LogP contribution in [-0.2, 0) is 19.4 Å². The summed E-state index contributed by atoms with van der Waals surface area (Å²) in [6, 6.07) is 0. The zero-order valence-corrected chi connectivity index (χ0v) is 17.1. The van der Waals surface area contributed by atoms with Crippen LogP contribution in [0.2, 0.25) is 0 Å². The van der Waals surface area contributed by atoms with E-state index in [1.54, 1.807) is 17.8 Å². The molecule has 0 spiro atoms. The molecule has 2 heterocycles. The maximum Gasteiger partial charge on any atom is 0.263 e. The highest BCUT2D eigenvalue weighted by Crippen LogP contribution is 2.31. The lowest BCUT2D eigenvalue weighted by atomic mass is 9.86. The number of sulfone groups is 1. The van der Waals surface area contributed by atoms with Gasteiger partial charge in [0.2, 0.25) is 0 Å². The van der Waals surface area contributed by atoms with Gasteiger partial charge in [0, 0.05) is 17.4 Å². The van der Waals surface area contributed by atoms with Gasteiger partial charge in [0.25, 0.3) is 5.91 Å². The molecule has 2 aliphatic carbocycles. The number of aliphatic imine (C=N–C) groups is 2. The Hall–Kier alpha value is -1.48. The van der Waals surface area contributed by atoms with Crippen LogP contribution in [0, 0.1) is 11.8 Å². The van der Waals surface area contributed by atoms with Crippen LogP contribution in [0.1, 0.15) is 32.1 Å². The van der Waals surface area contributed by atoms with Crippen molar-refractivity contribution >= 4 is 39.1 Å². The molecule has 9 heteroatoms.